The number of fused-ring (bicyclic) bond motifs is 1. The Kier molecular flexibility index (Phi) is 2.98. The summed E-state index contributed by atoms with van der Waals surface area (Å²) < 4.78 is 13.3. The Hall–Kier alpha value is -1.88. The number of nitriles is 1. The van der Waals surface area contributed by atoms with Crippen LogP contribution in [0.5, 0.6) is 0 Å². The lowest BCUT2D eigenvalue weighted by Gasteiger charge is -2.32. The zero-order valence-electron chi connectivity index (χ0n) is 10.8. The van der Waals surface area contributed by atoms with Gasteiger partial charge >= 0.3 is 0 Å². The molecule has 0 N–H and O–H groups in total. The molecule has 0 spiro atoms. The Morgan fingerprint density at radius 2 is 1.74 bits per heavy atom. The van der Waals surface area contributed by atoms with Crippen molar-refractivity contribution in [2.24, 2.45) is 0 Å². The largest absolute Gasteiger partial charge is 0.247 e. The third-order valence-corrected chi connectivity index (χ3v) is 4.28. The molecule has 19 heavy (non-hydrogen) atoms. The van der Waals surface area contributed by atoms with E-state index < -0.39 is 11.6 Å². The van der Waals surface area contributed by atoms with E-state index in [4.69, 9.17) is 0 Å². The third-order valence-electron chi connectivity index (χ3n) is 4.28. The molecule has 2 aromatic rings. The zero-order valence-corrected chi connectivity index (χ0v) is 10.8. The Balaban J connectivity index is 2.04. The van der Waals surface area contributed by atoms with Crippen LogP contribution in [-0.4, -0.2) is 6.17 Å². The standard InChI is InChI=1S/C17H16FN/c18-16-7-9-17(12-19,10-8-16)15-6-5-13-3-1-2-4-14(13)11-15/h1-6,11,16H,7-10H2/t16-,17+. The van der Waals surface area contributed by atoms with Gasteiger partial charge in [-0.3, -0.25) is 0 Å². The van der Waals surface area contributed by atoms with Crippen LogP contribution in [0.15, 0.2) is 42.5 Å². The SMILES string of the molecule is N#C[C@]1(c2ccc3ccccc3c2)CC[C@@H](F)CC1. The van der Waals surface area contributed by atoms with Crippen LogP contribution in [0.1, 0.15) is 31.2 Å². The van der Waals surface area contributed by atoms with Gasteiger partial charge in [0.1, 0.15) is 6.17 Å². The second kappa shape index (κ2) is 4.66. The predicted molar refractivity (Wildman–Crippen MR) is 74.6 cm³/mol. The lowest BCUT2D eigenvalue weighted by Crippen LogP contribution is -2.30. The number of nitrogens with zero attached hydrogens (tertiary/aromatic N) is 1. The minimum absolute atomic E-state index is 0.493. The van der Waals surface area contributed by atoms with Gasteiger partial charge in [0, 0.05) is 0 Å². The van der Waals surface area contributed by atoms with Crippen LogP contribution in [0.3, 0.4) is 0 Å². The molecule has 1 aliphatic rings. The minimum atomic E-state index is -0.734. The Labute approximate surface area is 112 Å². The van der Waals surface area contributed by atoms with Crippen molar-refractivity contribution in [3.8, 4) is 6.07 Å². The number of hydrogen-bond acceptors (Lipinski definition) is 1. The highest BCUT2D eigenvalue weighted by atomic mass is 19.1. The van der Waals surface area contributed by atoms with E-state index in [9.17, 15) is 9.65 Å². The normalized spacial score (nSPS) is 27.1. The van der Waals surface area contributed by atoms with E-state index in [0.717, 1.165) is 10.9 Å². The van der Waals surface area contributed by atoms with Crippen LogP contribution < -0.4 is 0 Å². The van der Waals surface area contributed by atoms with E-state index in [2.05, 4.69) is 30.3 Å². The number of benzene rings is 2. The van der Waals surface area contributed by atoms with Gasteiger partial charge in [-0.2, -0.15) is 5.26 Å². The zero-order chi connectivity index (χ0) is 13.3. The molecule has 96 valence electrons. The molecule has 0 bridgehead atoms. The Morgan fingerprint density at radius 3 is 2.42 bits per heavy atom. The maximum atomic E-state index is 13.3. The van der Waals surface area contributed by atoms with Crippen LogP contribution in [-0.2, 0) is 5.41 Å². The molecule has 1 aliphatic carbocycles. The summed E-state index contributed by atoms with van der Waals surface area (Å²) in [5, 5.41) is 11.9. The van der Waals surface area contributed by atoms with E-state index >= 15 is 0 Å². The van der Waals surface area contributed by atoms with Crippen molar-refractivity contribution >= 4 is 10.8 Å². The smallest absolute Gasteiger partial charge is 0.100 e. The summed E-state index contributed by atoms with van der Waals surface area (Å²) >= 11 is 0. The van der Waals surface area contributed by atoms with Crippen LogP contribution in [0.25, 0.3) is 10.8 Å². The molecule has 1 saturated carbocycles. The molecular weight excluding hydrogens is 237 g/mol. The predicted octanol–water partition coefficient (Wildman–Crippen LogP) is 4.51. The van der Waals surface area contributed by atoms with Crippen molar-refractivity contribution in [2.45, 2.75) is 37.3 Å². The Bertz CT molecular complexity index is 633. The van der Waals surface area contributed by atoms with Crippen molar-refractivity contribution in [3.05, 3.63) is 48.0 Å². The van der Waals surface area contributed by atoms with E-state index in [1.54, 1.807) is 0 Å². The van der Waals surface area contributed by atoms with Gasteiger partial charge in [-0.05, 0) is 48.1 Å². The topological polar surface area (TPSA) is 23.8 Å². The van der Waals surface area contributed by atoms with Gasteiger partial charge < -0.3 is 0 Å². The quantitative estimate of drug-likeness (QED) is 0.733. The van der Waals surface area contributed by atoms with Crippen LogP contribution in [0.2, 0.25) is 0 Å². The fourth-order valence-corrected chi connectivity index (χ4v) is 3.03. The molecule has 0 aliphatic heterocycles. The molecule has 2 aromatic carbocycles. The third kappa shape index (κ3) is 2.10. The lowest BCUT2D eigenvalue weighted by molar-refractivity contribution is 0.209. The van der Waals surface area contributed by atoms with Crippen molar-refractivity contribution < 1.29 is 4.39 Å². The van der Waals surface area contributed by atoms with Gasteiger partial charge in [0.05, 0.1) is 11.5 Å². The Morgan fingerprint density at radius 1 is 1.05 bits per heavy atom. The van der Waals surface area contributed by atoms with Gasteiger partial charge in [-0.1, -0.05) is 36.4 Å². The van der Waals surface area contributed by atoms with Gasteiger partial charge in [-0.25, -0.2) is 4.39 Å². The van der Waals surface area contributed by atoms with Gasteiger partial charge in [-0.15, -0.1) is 0 Å². The molecule has 0 radical (unpaired) electrons. The van der Waals surface area contributed by atoms with Gasteiger partial charge in [0.15, 0.2) is 0 Å². The van der Waals surface area contributed by atoms with Crippen molar-refractivity contribution in [2.75, 3.05) is 0 Å². The number of alkyl halides is 1. The number of rotatable bonds is 1. The molecule has 0 atom stereocenters. The van der Waals surface area contributed by atoms with Crippen LogP contribution in [0, 0.1) is 11.3 Å². The van der Waals surface area contributed by atoms with Crippen LogP contribution >= 0.6 is 0 Å². The summed E-state index contributed by atoms with van der Waals surface area (Å²) in [6.07, 6.45) is 1.52. The molecule has 0 amide bonds. The fourth-order valence-electron chi connectivity index (χ4n) is 3.03. The van der Waals surface area contributed by atoms with Gasteiger partial charge in [0.25, 0.3) is 0 Å². The molecule has 3 rings (SSSR count). The van der Waals surface area contributed by atoms with Crippen molar-refractivity contribution in [1.82, 2.24) is 0 Å². The molecular formula is C17H16FN. The number of hydrogen-bond donors (Lipinski definition) is 0. The first-order valence-electron chi connectivity index (χ1n) is 6.78. The van der Waals surface area contributed by atoms with Crippen LogP contribution in [0.4, 0.5) is 4.39 Å². The van der Waals surface area contributed by atoms with E-state index in [0.29, 0.717) is 25.7 Å². The first-order chi connectivity index (χ1) is 9.23. The summed E-state index contributed by atoms with van der Waals surface area (Å²) in [5.74, 6) is 0. The lowest BCUT2D eigenvalue weighted by atomic mass is 9.70. The van der Waals surface area contributed by atoms with Crippen molar-refractivity contribution in [1.29, 1.82) is 5.26 Å². The number of halogens is 1. The highest BCUT2D eigenvalue weighted by Crippen LogP contribution is 2.40. The summed E-state index contributed by atoms with van der Waals surface area (Å²) in [4.78, 5) is 0. The van der Waals surface area contributed by atoms with E-state index in [1.165, 1.54) is 5.39 Å². The summed E-state index contributed by atoms with van der Waals surface area (Å²) in [6, 6.07) is 16.8. The van der Waals surface area contributed by atoms with E-state index in [1.807, 2.05) is 18.2 Å². The molecule has 0 heterocycles. The average Bonchev–Trinajstić information content (AvgIpc) is 2.48. The molecule has 2 heteroatoms. The first-order valence-corrected chi connectivity index (χ1v) is 6.78. The molecule has 0 unspecified atom stereocenters. The summed E-state index contributed by atoms with van der Waals surface area (Å²) in [6.45, 7) is 0. The van der Waals surface area contributed by atoms with E-state index in [-0.39, 0.29) is 0 Å². The fraction of sp³-hybridized carbons (Fsp3) is 0.353. The highest BCUT2D eigenvalue weighted by molar-refractivity contribution is 5.83. The van der Waals surface area contributed by atoms with Crippen molar-refractivity contribution in [3.63, 3.8) is 0 Å². The summed E-state index contributed by atoms with van der Waals surface area (Å²) in [7, 11) is 0. The molecule has 1 fully saturated rings. The molecule has 1 nitrogen and oxygen atoms in total. The highest BCUT2D eigenvalue weighted by Gasteiger charge is 2.37. The van der Waals surface area contributed by atoms with Gasteiger partial charge in [0.2, 0.25) is 0 Å². The second-order valence-corrected chi connectivity index (χ2v) is 5.43. The molecule has 0 saturated heterocycles. The summed E-state index contributed by atoms with van der Waals surface area (Å²) in [5.41, 5.74) is 0.549. The first kappa shape index (κ1) is 12.2. The monoisotopic (exact) mass is 253 g/mol. The maximum absolute atomic E-state index is 13.3. The molecule has 0 aromatic heterocycles. The average molecular weight is 253 g/mol. The maximum Gasteiger partial charge on any atom is 0.100 e. The minimum Gasteiger partial charge on any atom is -0.247 e. The second-order valence-electron chi connectivity index (χ2n) is 5.43.